The second kappa shape index (κ2) is 15.2. The van der Waals surface area contributed by atoms with Crippen LogP contribution in [0.25, 0.3) is 10.8 Å². The first kappa shape index (κ1) is 41.0. The number of nitrogens with one attached hydrogen (secondary N) is 3. The molecule has 298 valence electrons. The number of nitrogens with zero attached hydrogens (tertiary/aromatic N) is 2. The normalized spacial score (nSPS) is 23.9. The molecule has 4 amide bonds. The third-order valence-electron chi connectivity index (χ3n) is 10.2. The van der Waals surface area contributed by atoms with Crippen molar-refractivity contribution in [2.24, 2.45) is 11.3 Å². The van der Waals surface area contributed by atoms with Crippen LogP contribution in [0.1, 0.15) is 100 Å². The highest BCUT2D eigenvalue weighted by Gasteiger charge is 2.62. The summed E-state index contributed by atoms with van der Waals surface area (Å²) in [6.07, 6.45) is 3.18. The van der Waals surface area contributed by atoms with E-state index in [0.717, 1.165) is 11.8 Å². The van der Waals surface area contributed by atoms with Crippen molar-refractivity contribution in [3.05, 3.63) is 30.5 Å². The van der Waals surface area contributed by atoms with Crippen molar-refractivity contribution in [1.82, 2.24) is 25.2 Å². The van der Waals surface area contributed by atoms with Crippen molar-refractivity contribution in [2.75, 3.05) is 13.7 Å². The lowest BCUT2D eigenvalue weighted by atomic mass is 9.85. The van der Waals surface area contributed by atoms with E-state index in [1.165, 1.54) is 4.90 Å². The second-order valence-electron chi connectivity index (χ2n) is 16.8. The van der Waals surface area contributed by atoms with Gasteiger partial charge in [0.05, 0.1) is 19.3 Å². The van der Waals surface area contributed by atoms with Crippen LogP contribution in [-0.4, -0.2) is 90.7 Å². The van der Waals surface area contributed by atoms with Crippen LogP contribution in [-0.2, 0) is 33.6 Å². The SMILES string of the molecule is CCCC1(OS(=O)(=O)NC(=O)[C@@]2(NC(=O)[C@@H]3C[C@@H](Oc4nccc5cc(OC)ccc45)CN3C(=O)[C@@H](NC(=O)OC(C)(C)C)C(C)(C)C)C[C@H]2CC)CC1. The Morgan fingerprint density at radius 3 is 2.33 bits per heavy atom. The molecule has 1 aromatic carbocycles. The van der Waals surface area contributed by atoms with Crippen LogP contribution in [0.15, 0.2) is 30.5 Å². The van der Waals surface area contributed by atoms with Gasteiger partial charge in [0.25, 0.3) is 5.91 Å². The number of hydrogen-bond donors (Lipinski definition) is 3. The maximum Gasteiger partial charge on any atom is 0.408 e. The number of fused-ring (bicyclic) bond motifs is 1. The molecule has 1 saturated heterocycles. The van der Waals surface area contributed by atoms with Gasteiger partial charge in [-0.15, -0.1) is 0 Å². The van der Waals surface area contributed by atoms with Gasteiger partial charge in [0.15, 0.2) is 0 Å². The van der Waals surface area contributed by atoms with Crippen molar-refractivity contribution in [1.29, 1.82) is 0 Å². The van der Waals surface area contributed by atoms with E-state index in [4.69, 9.17) is 18.4 Å². The number of carbonyl (C=O) groups excluding carboxylic acids is 4. The lowest BCUT2D eigenvalue weighted by molar-refractivity contribution is -0.143. The van der Waals surface area contributed by atoms with E-state index < -0.39 is 74.5 Å². The molecule has 5 atom stereocenters. The van der Waals surface area contributed by atoms with Crippen molar-refractivity contribution in [2.45, 2.75) is 135 Å². The molecule has 0 radical (unpaired) electrons. The van der Waals surface area contributed by atoms with Crippen molar-refractivity contribution >= 4 is 44.9 Å². The highest BCUT2D eigenvalue weighted by Crippen LogP contribution is 2.48. The zero-order valence-electron chi connectivity index (χ0n) is 32.7. The zero-order valence-corrected chi connectivity index (χ0v) is 33.6. The van der Waals surface area contributed by atoms with Gasteiger partial charge in [-0.25, -0.2) is 18.7 Å². The van der Waals surface area contributed by atoms with E-state index in [0.29, 0.717) is 42.7 Å². The van der Waals surface area contributed by atoms with Crippen LogP contribution in [0.5, 0.6) is 11.6 Å². The molecule has 1 aliphatic heterocycles. The Morgan fingerprint density at radius 2 is 1.76 bits per heavy atom. The topological polar surface area (TPSA) is 192 Å². The van der Waals surface area contributed by atoms with Crippen molar-refractivity contribution in [3.8, 4) is 11.6 Å². The van der Waals surface area contributed by atoms with Crippen molar-refractivity contribution < 1.29 is 46.0 Å². The molecule has 1 aromatic heterocycles. The molecule has 3 N–H and O–H groups in total. The molecule has 0 spiro atoms. The molecule has 5 rings (SSSR count). The molecule has 3 aliphatic rings. The first-order chi connectivity index (χ1) is 25.1. The molecule has 0 bridgehead atoms. The van der Waals surface area contributed by atoms with E-state index in [9.17, 15) is 27.6 Å². The lowest BCUT2D eigenvalue weighted by Gasteiger charge is -2.36. The Hall–Kier alpha value is -4.18. The first-order valence-corrected chi connectivity index (χ1v) is 20.0. The van der Waals surface area contributed by atoms with Gasteiger partial charge < -0.3 is 29.7 Å². The highest BCUT2D eigenvalue weighted by atomic mass is 32.2. The van der Waals surface area contributed by atoms with Crippen LogP contribution in [0.2, 0.25) is 0 Å². The van der Waals surface area contributed by atoms with Crippen molar-refractivity contribution in [3.63, 3.8) is 0 Å². The molecule has 15 nitrogen and oxygen atoms in total. The number of aromatic nitrogens is 1. The Labute approximate surface area is 317 Å². The van der Waals surface area contributed by atoms with E-state index in [1.807, 2.05) is 32.0 Å². The third kappa shape index (κ3) is 9.36. The molecule has 3 fully saturated rings. The van der Waals surface area contributed by atoms with Crippen LogP contribution in [0.4, 0.5) is 4.79 Å². The summed E-state index contributed by atoms with van der Waals surface area (Å²) >= 11 is 0. The molecule has 16 heteroatoms. The van der Waals surface area contributed by atoms with Gasteiger partial charge in [0.1, 0.15) is 35.1 Å². The molecule has 54 heavy (non-hydrogen) atoms. The molecular weight excluding hydrogens is 719 g/mol. The summed E-state index contributed by atoms with van der Waals surface area (Å²) in [5.41, 5.74) is -4.00. The predicted molar refractivity (Wildman–Crippen MR) is 200 cm³/mol. The summed E-state index contributed by atoms with van der Waals surface area (Å²) in [7, 11) is -2.90. The molecule has 2 saturated carbocycles. The minimum Gasteiger partial charge on any atom is -0.497 e. The van der Waals surface area contributed by atoms with Gasteiger partial charge in [0.2, 0.25) is 17.7 Å². The molecular formula is C38H55N5O10S. The van der Waals surface area contributed by atoms with E-state index >= 15 is 0 Å². The van der Waals surface area contributed by atoms with Crippen LogP contribution < -0.4 is 24.8 Å². The lowest BCUT2D eigenvalue weighted by Crippen LogP contribution is -2.60. The quantitative estimate of drug-likeness (QED) is 0.245. The van der Waals surface area contributed by atoms with Gasteiger partial charge in [-0.2, -0.15) is 8.42 Å². The van der Waals surface area contributed by atoms with E-state index in [1.54, 1.807) is 60.9 Å². The number of pyridine rings is 1. The fourth-order valence-corrected chi connectivity index (χ4v) is 8.33. The molecule has 2 aromatic rings. The Kier molecular flexibility index (Phi) is 11.5. The number of benzene rings is 1. The van der Waals surface area contributed by atoms with Crippen LogP contribution >= 0.6 is 0 Å². The summed E-state index contributed by atoms with van der Waals surface area (Å²) in [6.45, 7) is 14.2. The third-order valence-corrected chi connectivity index (χ3v) is 11.2. The summed E-state index contributed by atoms with van der Waals surface area (Å²) < 4.78 is 50.8. The van der Waals surface area contributed by atoms with Crippen LogP contribution in [0.3, 0.4) is 0 Å². The van der Waals surface area contributed by atoms with Gasteiger partial charge in [-0.05, 0) is 87.4 Å². The maximum atomic E-state index is 14.5. The standard InChI is InChI=1S/C38H55N5O10S/c1-10-15-37(16-17-37)53-54(48,49)42-33(46)38(21-24(38)11-2)41-30(44)28-20-26(51-31-27-13-12-25(50-9)19-23(27)14-18-39-31)22-43(28)32(45)29(35(3,4)5)40-34(47)52-36(6,7)8/h12-14,18-19,24,26,28-29H,10-11,15-17,20-22H2,1-9H3,(H,40,47)(H,41,44)(H,42,46)/t24-,26-,28+,29-,38-/m1/s1. The first-order valence-electron chi connectivity index (χ1n) is 18.6. The fourth-order valence-electron chi connectivity index (χ4n) is 7.16. The number of methoxy groups -OCH3 is 1. The Balaban J connectivity index is 1.42. The van der Waals surface area contributed by atoms with E-state index in [2.05, 4.69) is 20.3 Å². The largest absolute Gasteiger partial charge is 0.497 e. The summed E-state index contributed by atoms with van der Waals surface area (Å²) in [6, 6.07) is 4.96. The fraction of sp³-hybridized carbons (Fsp3) is 0.658. The number of hydrogen-bond acceptors (Lipinski definition) is 11. The number of alkyl carbamates (subject to hydrolysis) is 1. The van der Waals surface area contributed by atoms with Gasteiger partial charge in [0, 0.05) is 18.0 Å². The minimum absolute atomic E-state index is 0.0184. The highest BCUT2D eigenvalue weighted by molar-refractivity contribution is 7.85. The average molecular weight is 774 g/mol. The monoisotopic (exact) mass is 773 g/mol. The Morgan fingerprint density at radius 1 is 1.06 bits per heavy atom. The smallest absolute Gasteiger partial charge is 0.408 e. The predicted octanol–water partition coefficient (Wildman–Crippen LogP) is 4.53. The minimum atomic E-state index is -4.47. The molecule has 2 aliphatic carbocycles. The number of likely N-dealkylation sites (tertiary alicyclic amines) is 1. The van der Waals surface area contributed by atoms with Gasteiger partial charge in [-0.1, -0.05) is 47.5 Å². The number of rotatable bonds is 14. The average Bonchev–Trinajstić information content (AvgIpc) is 3.95. The second-order valence-corrected chi connectivity index (χ2v) is 18.1. The van der Waals surface area contributed by atoms with Crippen LogP contribution in [0, 0.1) is 11.3 Å². The summed E-state index contributed by atoms with van der Waals surface area (Å²) in [5.74, 6) is -1.53. The summed E-state index contributed by atoms with van der Waals surface area (Å²) in [4.78, 5) is 61.4. The number of amides is 4. The molecule has 0 unspecified atom stereocenters. The zero-order chi connectivity index (χ0) is 39.9. The summed E-state index contributed by atoms with van der Waals surface area (Å²) in [5, 5.41) is 7.04. The number of ether oxygens (including phenoxy) is 3. The number of carbonyl (C=O) groups is 4. The molecule has 2 heterocycles. The Bertz CT molecular complexity index is 1870. The van der Waals surface area contributed by atoms with Gasteiger partial charge in [-0.3, -0.25) is 14.4 Å². The maximum absolute atomic E-state index is 14.5. The van der Waals surface area contributed by atoms with Gasteiger partial charge >= 0.3 is 16.4 Å². The van der Waals surface area contributed by atoms with E-state index in [-0.39, 0.29) is 25.3 Å².